The second-order valence-corrected chi connectivity index (χ2v) is 26.2. The van der Waals surface area contributed by atoms with Crippen molar-refractivity contribution in [2.45, 2.75) is 123 Å². The van der Waals surface area contributed by atoms with E-state index in [0.29, 0.717) is 28.4 Å². The number of hydrogen-bond acceptors (Lipinski definition) is 2. The molecule has 0 aliphatic heterocycles. The molecule has 10 aromatic carbocycles. The lowest BCUT2D eigenvalue weighted by Crippen LogP contribution is -2.32. The van der Waals surface area contributed by atoms with Crippen LogP contribution in [0.1, 0.15) is 162 Å². The summed E-state index contributed by atoms with van der Waals surface area (Å²) in [5.41, 5.74) is -11.7. The van der Waals surface area contributed by atoms with E-state index in [0.717, 1.165) is 32.9 Å². The largest absolute Gasteiger partial charge is 0.458 e. The molecule has 0 fully saturated rings. The summed E-state index contributed by atoms with van der Waals surface area (Å²) >= 11 is 0. The Labute approximate surface area is 571 Å². The van der Waals surface area contributed by atoms with Crippen molar-refractivity contribution in [3.63, 3.8) is 0 Å². The van der Waals surface area contributed by atoms with Crippen molar-refractivity contribution in [3.8, 4) is 84.3 Å². The van der Waals surface area contributed by atoms with Crippen molar-refractivity contribution in [1.82, 2.24) is 14.1 Å². The van der Waals surface area contributed by atoms with Crippen LogP contribution >= 0.6 is 0 Å². The van der Waals surface area contributed by atoms with Crippen molar-refractivity contribution < 1.29 is 47.7 Å². The lowest BCUT2D eigenvalue weighted by Gasteiger charge is -2.26. The second-order valence-electron chi connectivity index (χ2n) is 26.2. The molecule has 0 atom stereocenters. The number of ether oxygens (including phenoxy) is 1. The monoisotopic (exact) mass is 1200 g/mol. The Morgan fingerprint density at radius 2 is 1.10 bits per heavy atom. The molecule has 0 saturated carbocycles. The van der Waals surface area contributed by atoms with E-state index in [2.05, 4.69) is 58.5 Å². The van der Waals surface area contributed by atoms with Gasteiger partial charge in [-0.3, -0.25) is 13.7 Å². The average molecular weight is 1200 g/mol. The zero-order valence-electron chi connectivity index (χ0n) is 79.2. The van der Waals surface area contributed by atoms with E-state index in [1.54, 1.807) is 74.0 Å². The van der Waals surface area contributed by atoms with Gasteiger partial charge in [0.25, 0.3) is 6.33 Å². The predicted molar refractivity (Wildman–Crippen MR) is 376 cm³/mol. The lowest BCUT2D eigenvalue weighted by molar-refractivity contribution is -0.571. The minimum absolute atomic E-state index is 0.120. The van der Waals surface area contributed by atoms with E-state index < -0.39 is 208 Å². The number of nitrogens with zero attached hydrogens (tertiary/aromatic N) is 4. The maximum absolute atomic E-state index is 10.7. The summed E-state index contributed by atoms with van der Waals surface area (Å²) in [6.45, 7) is 1.93. The quantitative estimate of drug-likeness (QED) is 0.101. The molecule has 90 heavy (non-hydrogen) atoms. The first-order chi connectivity index (χ1) is 54.6. The summed E-state index contributed by atoms with van der Waals surface area (Å²) in [5, 5.41) is 1.85. The highest BCUT2D eigenvalue weighted by atomic mass is 16.5. The minimum Gasteiger partial charge on any atom is -0.458 e. The highest BCUT2D eigenvalue weighted by molar-refractivity contribution is 6.09. The highest BCUT2D eigenvalue weighted by Gasteiger charge is 2.42. The zero-order chi connectivity index (χ0) is 86.6. The molecule has 1 aliphatic carbocycles. The molecule has 0 saturated heterocycles. The Bertz CT molecular complexity index is 6220. The van der Waals surface area contributed by atoms with Gasteiger partial charge in [-0.05, 0) is 190 Å². The number of rotatable bonds is 10. The van der Waals surface area contributed by atoms with Gasteiger partial charge in [-0.25, -0.2) is 4.98 Å². The molecular formula is C85H80N4O. The van der Waals surface area contributed by atoms with E-state index >= 15 is 0 Å². The molecule has 0 amide bonds. The van der Waals surface area contributed by atoms with E-state index in [-0.39, 0.29) is 33.2 Å². The maximum Gasteiger partial charge on any atom is 0.269 e. The third-order valence-electron chi connectivity index (χ3n) is 16.7. The molecule has 3 aromatic heterocycles. The van der Waals surface area contributed by atoms with Crippen LogP contribution in [0.15, 0.2) is 236 Å². The summed E-state index contributed by atoms with van der Waals surface area (Å²) in [4.78, 5) is 4.86. The van der Waals surface area contributed by atoms with Crippen LogP contribution in [-0.2, 0) is 27.1 Å². The standard InChI is InChI=1S/C85H80N4O/c1-81(2,3)63-35-31-57(32-36-63)58-34-40-76-78(47-58)87(66-27-22-28-67(51-66)90-68-37-38-70-69-29-20-21-30-75(69)89(77(70)52-68)79-50-64(41-42-86-79)82(4,5)6)54-88(76)80-71(59-33-39-73-74(46-59)85(12,13)53-84(73,10)11)48-65(83(7,8)9)49-72(80)62-44-60(55-23-16-14-17-24-55)43-61(45-62)56-25-18-15-19-26-56/h14-52H,53H2,1-13H3/i10D3,11D3,12D3,13D3,14D,15D,16D,17D,18D,19D,23D,24D,25D,26D,33D,39D,43D,44D,45D,46D. The van der Waals surface area contributed by atoms with Gasteiger partial charge in [-0.15, -0.1) is 0 Å². The van der Waals surface area contributed by atoms with E-state index in [9.17, 15) is 21.9 Å². The molecule has 0 spiro atoms. The van der Waals surface area contributed by atoms with Crippen LogP contribution in [0.4, 0.5) is 0 Å². The smallest absolute Gasteiger partial charge is 0.269 e. The first-order valence-electron chi connectivity index (χ1n) is 43.7. The Balaban J connectivity index is 1.17. The van der Waals surface area contributed by atoms with Crippen molar-refractivity contribution in [2.75, 3.05) is 0 Å². The van der Waals surface area contributed by atoms with E-state index in [4.69, 9.17) is 26.2 Å². The number of fused-ring (bicyclic) bond motifs is 5. The SMILES string of the molecule is [2H]c1c([2H])c([2H])c(-c2c([2H])c(-c3cc(C(C)(C)C)cc(-c4c([2H])c([2H])c5c(c4[2H])C(C([2H])([2H])[2H])(C([2H])([2H])[2H])CC5(C([2H])([2H])[2H])C([2H])([2H])[2H])c3-[n+]3[c-]n(-c4cccc(Oc5ccc6c7ccccc7n(-c7cc(C(C)(C)C)ccn7)c6c5)c4)c4cc(-c5ccc(C(C)(C)C)cc5)ccc43)c([2H])c(-c3c([2H])c([2H])c([2H])c([2H])c3[2H])c2[2H])c([2H])c1[2H]. The normalized spacial score (nSPS) is 19.0. The van der Waals surface area contributed by atoms with Gasteiger partial charge >= 0.3 is 0 Å². The van der Waals surface area contributed by atoms with Gasteiger partial charge in [0, 0.05) is 39.5 Å². The van der Waals surface area contributed by atoms with E-state index in [1.165, 1.54) is 16.7 Å². The van der Waals surface area contributed by atoms with Crippen molar-refractivity contribution in [3.05, 3.63) is 270 Å². The van der Waals surface area contributed by atoms with Crippen LogP contribution in [0.5, 0.6) is 11.5 Å². The van der Waals surface area contributed by atoms with Gasteiger partial charge in [0.15, 0.2) is 0 Å². The second kappa shape index (κ2) is 21.6. The number of benzene rings is 10. The van der Waals surface area contributed by atoms with Crippen LogP contribution < -0.4 is 9.30 Å². The zero-order valence-corrected chi connectivity index (χ0v) is 51.2. The molecular weight excluding hydrogens is 1090 g/mol. The van der Waals surface area contributed by atoms with Crippen molar-refractivity contribution in [2.24, 2.45) is 0 Å². The highest BCUT2D eigenvalue weighted by Crippen LogP contribution is 2.51. The molecule has 0 bridgehead atoms. The number of para-hydroxylation sites is 1. The van der Waals surface area contributed by atoms with Gasteiger partial charge < -0.3 is 4.74 Å². The van der Waals surface area contributed by atoms with Crippen LogP contribution in [0, 0.1) is 6.33 Å². The number of hydrogen-bond donors (Lipinski definition) is 0. The Hall–Kier alpha value is -9.58. The summed E-state index contributed by atoms with van der Waals surface area (Å²) in [6.07, 6.45) is 3.50. The third kappa shape index (κ3) is 10.6. The number of aromatic nitrogens is 4. The molecule has 14 rings (SSSR count). The summed E-state index contributed by atoms with van der Waals surface area (Å²) in [5.74, 6) is 1.33. The van der Waals surface area contributed by atoms with Crippen LogP contribution in [-0.4, -0.2) is 14.1 Å². The minimum atomic E-state index is -3.95. The van der Waals surface area contributed by atoms with Crippen molar-refractivity contribution >= 4 is 32.8 Å². The summed E-state index contributed by atoms with van der Waals surface area (Å²) in [6, 6.07) is 24.2. The van der Waals surface area contributed by atoms with E-state index in [1.807, 2.05) is 72.8 Å². The fourth-order valence-electron chi connectivity index (χ4n) is 11.9. The Morgan fingerprint density at radius 3 is 1.78 bits per heavy atom. The fraction of sp³-hybridized carbons (Fsp3) is 0.224. The molecule has 5 heteroatoms. The Morgan fingerprint density at radius 1 is 0.478 bits per heavy atom. The predicted octanol–water partition coefficient (Wildman–Crippen LogP) is 22.2. The van der Waals surface area contributed by atoms with Crippen LogP contribution in [0.2, 0.25) is 0 Å². The number of imidazole rings is 1. The van der Waals surface area contributed by atoms with Gasteiger partial charge in [-0.1, -0.05) is 241 Å². The molecule has 0 radical (unpaired) electrons. The lowest BCUT2D eigenvalue weighted by atomic mass is 9.80. The maximum atomic E-state index is 10.7. The first-order valence-corrected chi connectivity index (χ1v) is 29.7. The van der Waals surface area contributed by atoms with Crippen LogP contribution in [0.3, 0.4) is 0 Å². The van der Waals surface area contributed by atoms with Gasteiger partial charge in [0.05, 0.1) is 55.4 Å². The van der Waals surface area contributed by atoms with Gasteiger partial charge in [0.2, 0.25) is 0 Å². The molecule has 13 aromatic rings. The Kier molecular flexibility index (Phi) is 8.25. The fourth-order valence-corrected chi connectivity index (χ4v) is 11.9. The third-order valence-corrected chi connectivity index (χ3v) is 16.7. The molecule has 446 valence electrons. The summed E-state index contributed by atoms with van der Waals surface area (Å²) < 4.78 is 276. The molecule has 3 heterocycles. The molecule has 0 N–H and O–H groups in total. The van der Waals surface area contributed by atoms with Crippen molar-refractivity contribution in [1.29, 1.82) is 0 Å². The first kappa shape index (κ1) is 34.4. The average Bonchev–Trinajstić information content (AvgIpc) is 1.49. The molecule has 5 nitrogen and oxygen atoms in total. The topological polar surface area (TPSA) is 35.9 Å². The summed E-state index contributed by atoms with van der Waals surface area (Å²) in [7, 11) is 0. The van der Waals surface area contributed by atoms with Crippen LogP contribution in [0.25, 0.3) is 106 Å². The van der Waals surface area contributed by atoms with Gasteiger partial charge in [0.1, 0.15) is 17.3 Å². The molecule has 1 aliphatic rings. The molecule has 0 unspecified atom stereocenters. The number of pyridine rings is 1. The van der Waals surface area contributed by atoms with Gasteiger partial charge in [-0.2, -0.15) is 0 Å².